The summed E-state index contributed by atoms with van der Waals surface area (Å²) in [6.45, 7) is 4.74. The molecule has 0 saturated heterocycles. The lowest BCUT2D eigenvalue weighted by Gasteiger charge is -2.42. The summed E-state index contributed by atoms with van der Waals surface area (Å²) in [4.78, 5) is 0. The molecule has 2 unspecified atom stereocenters. The highest BCUT2D eigenvalue weighted by molar-refractivity contribution is 14.1. The Morgan fingerprint density at radius 1 is 1.26 bits per heavy atom. The van der Waals surface area contributed by atoms with Gasteiger partial charge in [-0.2, -0.15) is 0 Å². The molecule has 0 aromatic rings. The van der Waals surface area contributed by atoms with Gasteiger partial charge < -0.3 is 9.47 Å². The van der Waals surface area contributed by atoms with E-state index in [2.05, 4.69) is 32.7 Å². The Balaban J connectivity index is 1.71. The first-order valence-corrected chi connectivity index (χ1v) is 9.01. The quantitative estimate of drug-likeness (QED) is 0.441. The van der Waals surface area contributed by atoms with Crippen molar-refractivity contribution in [3.05, 3.63) is 10.2 Å². The van der Waals surface area contributed by atoms with E-state index in [4.69, 9.17) is 9.47 Å². The molecule has 2 fully saturated rings. The predicted molar refractivity (Wildman–Crippen MR) is 87.3 cm³/mol. The van der Waals surface area contributed by atoms with E-state index < -0.39 is 0 Å². The molecule has 2 rings (SSSR count). The largest absolute Gasteiger partial charge is 0.353 e. The van der Waals surface area contributed by atoms with Crippen LogP contribution in [0.5, 0.6) is 0 Å². The van der Waals surface area contributed by atoms with Gasteiger partial charge in [0.15, 0.2) is 6.29 Å². The lowest BCUT2D eigenvalue weighted by Crippen LogP contribution is -2.37. The van der Waals surface area contributed by atoms with E-state index in [0.29, 0.717) is 5.92 Å². The molecule has 2 aliphatic carbocycles. The van der Waals surface area contributed by atoms with Gasteiger partial charge in [-0.15, -0.1) is 0 Å². The van der Waals surface area contributed by atoms with Gasteiger partial charge in [-0.25, -0.2) is 0 Å². The van der Waals surface area contributed by atoms with E-state index in [1.54, 1.807) is 0 Å². The van der Waals surface area contributed by atoms with Crippen molar-refractivity contribution >= 4 is 22.6 Å². The summed E-state index contributed by atoms with van der Waals surface area (Å²) in [6.07, 6.45) is 11.0. The third kappa shape index (κ3) is 4.71. The molecule has 110 valence electrons. The summed E-state index contributed by atoms with van der Waals surface area (Å²) in [5.74, 6) is 2.72. The highest BCUT2D eigenvalue weighted by atomic mass is 127. The van der Waals surface area contributed by atoms with Gasteiger partial charge in [0.2, 0.25) is 0 Å². The second-order valence-electron chi connectivity index (χ2n) is 6.07. The van der Waals surface area contributed by atoms with Gasteiger partial charge in [0.1, 0.15) is 0 Å². The first-order valence-electron chi connectivity index (χ1n) is 7.76. The van der Waals surface area contributed by atoms with E-state index in [-0.39, 0.29) is 12.4 Å². The zero-order chi connectivity index (χ0) is 13.7. The van der Waals surface area contributed by atoms with Crippen molar-refractivity contribution in [1.29, 1.82) is 0 Å². The Hall–Kier alpha value is 0.390. The van der Waals surface area contributed by atoms with Crippen LogP contribution in [0.3, 0.4) is 0 Å². The molecule has 0 aromatic heterocycles. The second kappa shape index (κ2) is 7.99. The lowest BCUT2D eigenvalue weighted by atomic mass is 9.66. The van der Waals surface area contributed by atoms with Crippen molar-refractivity contribution in [1.82, 2.24) is 0 Å². The van der Waals surface area contributed by atoms with Crippen LogP contribution in [0.4, 0.5) is 0 Å². The standard InChI is InChI=1S/C16H27IO2/c1-3-18-12(2)19-16(7-8-17)15-10-14(11-15)9-13-5-4-6-13/h7-8,12-16H,3-6,9-11H2,1-2H3. The highest BCUT2D eigenvalue weighted by Gasteiger charge is 2.37. The molecule has 0 radical (unpaired) electrons. The SMILES string of the molecule is CCOC(C)OC(C=CI)C1CC(CC2CCC2)C1. The van der Waals surface area contributed by atoms with E-state index in [1.165, 1.54) is 38.5 Å². The van der Waals surface area contributed by atoms with E-state index >= 15 is 0 Å². The van der Waals surface area contributed by atoms with E-state index in [0.717, 1.165) is 18.4 Å². The molecule has 2 aliphatic rings. The van der Waals surface area contributed by atoms with Crippen molar-refractivity contribution in [3.8, 4) is 0 Å². The average molecular weight is 378 g/mol. The van der Waals surface area contributed by atoms with Gasteiger partial charge in [0, 0.05) is 6.61 Å². The molecular weight excluding hydrogens is 351 g/mol. The number of ether oxygens (including phenoxy) is 2. The molecular formula is C16H27IO2. The van der Waals surface area contributed by atoms with Crippen LogP contribution in [0.2, 0.25) is 0 Å². The normalized spacial score (nSPS) is 30.9. The minimum absolute atomic E-state index is 0.0896. The van der Waals surface area contributed by atoms with Crippen LogP contribution < -0.4 is 0 Å². The maximum atomic E-state index is 6.01. The van der Waals surface area contributed by atoms with Crippen LogP contribution in [0, 0.1) is 17.8 Å². The topological polar surface area (TPSA) is 18.5 Å². The molecule has 0 aliphatic heterocycles. The third-order valence-corrected chi connectivity index (χ3v) is 5.06. The number of hydrogen-bond donors (Lipinski definition) is 0. The van der Waals surface area contributed by atoms with Crippen LogP contribution >= 0.6 is 22.6 Å². The molecule has 0 aromatic carbocycles. The highest BCUT2D eigenvalue weighted by Crippen LogP contribution is 2.45. The lowest BCUT2D eigenvalue weighted by molar-refractivity contribution is -0.167. The molecule has 0 bridgehead atoms. The van der Waals surface area contributed by atoms with Gasteiger partial charge >= 0.3 is 0 Å². The van der Waals surface area contributed by atoms with Crippen molar-refractivity contribution in [2.75, 3.05) is 6.61 Å². The summed E-state index contributed by atoms with van der Waals surface area (Å²) in [5.41, 5.74) is 0. The van der Waals surface area contributed by atoms with Crippen molar-refractivity contribution in [3.63, 3.8) is 0 Å². The summed E-state index contributed by atoms with van der Waals surface area (Å²) in [7, 11) is 0. The van der Waals surface area contributed by atoms with Gasteiger partial charge in [-0.3, -0.25) is 0 Å². The monoisotopic (exact) mass is 378 g/mol. The Labute approximate surface area is 131 Å². The summed E-state index contributed by atoms with van der Waals surface area (Å²) < 4.78 is 13.6. The fourth-order valence-corrected chi connectivity index (χ4v) is 3.74. The van der Waals surface area contributed by atoms with Gasteiger partial charge in [-0.1, -0.05) is 41.9 Å². The molecule has 2 saturated carbocycles. The number of halogens is 1. The molecule has 0 amide bonds. The maximum Gasteiger partial charge on any atom is 0.155 e. The minimum atomic E-state index is -0.0896. The average Bonchev–Trinajstić information content (AvgIpc) is 2.25. The van der Waals surface area contributed by atoms with Gasteiger partial charge in [0.25, 0.3) is 0 Å². The zero-order valence-electron chi connectivity index (χ0n) is 12.2. The van der Waals surface area contributed by atoms with Gasteiger partial charge in [-0.05, 0) is 61.0 Å². The number of rotatable bonds is 8. The molecule has 0 heterocycles. The Morgan fingerprint density at radius 3 is 2.53 bits per heavy atom. The molecule has 0 spiro atoms. The zero-order valence-corrected chi connectivity index (χ0v) is 14.3. The fraction of sp³-hybridized carbons (Fsp3) is 0.875. The van der Waals surface area contributed by atoms with Crippen LogP contribution in [-0.2, 0) is 9.47 Å². The van der Waals surface area contributed by atoms with Crippen LogP contribution in [0.1, 0.15) is 52.4 Å². The minimum Gasteiger partial charge on any atom is -0.353 e. The van der Waals surface area contributed by atoms with Crippen LogP contribution in [-0.4, -0.2) is 19.0 Å². The predicted octanol–water partition coefficient (Wildman–Crippen LogP) is 4.92. The Kier molecular flexibility index (Phi) is 6.63. The van der Waals surface area contributed by atoms with E-state index in [9.17, 15) is 0 Å². The van der Waals surface area contributed by atoms with Crippen LogP contribution in [0.25, 0.3) is 0 Å². The molecule has 0 N–H and O–H groups in total. The Morgan fingerprint density at radius 2 is 2.00 bits per heavy atom. The third-order valence-electron chi connectivity index (χ3n) is 4.64. The fourth-order valence-electron chi connectivity index (χ4n) is 3.33. The smallest absolute Gasteiger partial charge is 0.155 e. The first-order chi connectivity index (χ1) is 9.22. The first kappa shape index (κ1) is 15.8. The van der Waals surface area contributed by atoms with Gasteiger partial charge in [0.05, 0.1) is 6.10 Å². The maximum absolute atomic E-state index is 6.01. The molecule has 19 heavy (non-hydrogen) atoms. The molecule has 2 nitrogen and oxygen atoms in total. The summed E-state index contributed by atoms with van der Waals surface area (Å²) in [5, 5.41) is 0. The number of hydrogen-bond acceptors (Lipinski definition) is 2. The summed E-state index contributed by atoms with van der Waals surface area (Å²) >= 11 is 2.28. The molecule has 3 heteroatoms. The van der Waals surface area contributed by atoms with E-state index in [1.807, 2.05) is 13.8 Å². The van der Waals surface area contributed by atoms with Crippen LogP contribution in [0.15, 0.2) is 10.2 Å². The van der Waals surface area contributed by atoms with Crippen molar-refractivity contribution < 1.29 is 9.47 Å². The van der Waals surface area contributed by atoms with Crippen molar-refractivity contribution in [2.45, 2.75) is 64.8 Å². The second-order valence-corrected chi connectivity index (χ2v) is 6.79. The molecule has 2 atom stereocenters. The Bertz CT molecular complexity index is 282. The summed E-state index contributed by atoms with van der Waals surface area (Å²) in [6, 6.07) is 0. The van der Waals surface area contributed by atoms with Crippen molar-refractivity contribution in [2.24, 2.45) is 17.8 Å².